The molecule has 4 N–H and O–H groups in total. The molecule has 0 amide bonds. The third-order valence-corrected chi connectivity index (χ3v) is 3.59. The molecule has 0 aromatic heterocycles. The highest BCUT2D eigenvalue weighted by atomic mass is 16.5. The Kier molecular flexibility index (Phi) is 4.43. The molecule has 0 aliphatic rings. The van der Waals surface area contributed by atoms with Gasteiger partial charge in [0.1, 0.15) is 0 Å². The molecule has 0 aliphatic carbocycles. The van der Waals surface area contributed by atoms with Crippen molar-refractivity contribution in [3.8, 4) is 0 Å². The monoisotopic (exact) mass is 262 g/mol. The number of anilines is 1. The Morgan fingerprint density at radius 3 is 2.37 bits per heavy atom. The van der Waals surface area contributed by atoms with Gasteiger partial charge in [-0.25, -0.2) is 0 Å². The van der Waals surface area contributed by atoms with Crippen molar-refractivity contribution in [2.24, 2.45) is 0 Å². The average molecular weight is 262 g/mol. The normalized spacial score (nSPS) is 12.3. The molecule has 1 aromatic rings. The van der Waals surface area contributed by atoms with Gasteiger partial charge in [-0.2, -0.15) is 0 Å². The zero-order chi connectivity index (χ0) is 14.8. The Morgan fingerprint density at radius 1 is 1.32 bits per heavy atom. The van der Waals surface area contributed by atoms with Crippen molar-refractivity contribution in [2.75, 3.05) is 5.73 Å². The van der Waals surface area contributed by atoms with Gasteiger partial charge < -0.3 is 20.9 Å². The van der Waals surface area contributed by atoms with Gasteiger partial charge in [-0.1, -0.05) is 17.6 Å². The lowest BCUT2D eigenvalue weighted by molar-refractivity contribution is -0.0893. The Labute approximate surface area is 115 Å². The minimum atomic E-state index is -0.929. The summed E-state index contributed by atoms with van der Waals surface area (Å²) in [4.78, 5) is 0. The van der Waals surface area contributed by atoms with Gasteiger partial charge in [-0.15, -0.1) is 0 Å². The molecule has 0 radical (unpaired) electrons. The molecule has 0 fully saturated rings. The maximum Gasteiger partial charge on any atom is 0.309 e. The summed E-state index contributed by atoms with van der Waals surface area (Å²) in [6.45, 7) is 8.86. The third kappa shape index (κ3) is 3.82. The van der Waals surface area contributed by atoms with E-state index in [1.54, 1.807) is 26.8 Å². The van der Waals surface area contributed by atoms with Crippen molar-refractivity contribution >= 4 is 24.3 Å². The first kappa shape index (κ1) is 15.7. The van der Waals surface area contributed by atoms with E-state index in [-0.39, 0.29) is 0 Å². The van der Waals surface area contributed by atoms with Gasteiger partial charge in [0, 0.05) is 17.0 Å². The molecule has 104 valence electrons. The van der Waals surface area contributed by atoms with Crippen LogP contribution in [0.4, 0.5) is 5.69 Å². The first-order valence-corrected chi connectivity index (χ1v) is 6.35. The number of benzene rings is 1. The standard InChI is InChI=1S/C14H23BN2O2/c1-9(16)11-8-10(6-7-12(11)17)15-19-14(4,5)13(2,3)18/h6-8,15-16,18H,17H2,1-5H3. The summed E-state index contributed by atoms with van der Waals surface area (Å²) >= 11 is 0. The van der Waals surface area contributed by atoms with E-state index in [4.69, 9.17) is 15.8 Å². The van der Waals surface area contributed by atoms with Crippen molar-refractivity contribution in [3.63, 3.8) is 0 Å². The second-order valence-electron chi connectivity index (χ2n) is 5.90. The van der Waals surface area contributed by atoms with Crippen LogP contribution in [0.2, 0.25) is 0 Å². The summed E-state index contributed by atoms with van der Waals surface area (Å²) in [6, 6.07) is 5.52. The Bertz CT molecular complexity index is 479. The van der Waals surface area contributed by atoms with Crippen LogP contribution in [0.1, 0.15) is 40.2 Å². The minimum absolute atomic E-state index is 0.373. The molecule has 0 atom stereocenters. The van der Waals surface area contributed by atoms with E-state index in [2.05, 4.69) is 0 Å². The number of nitrogens with two attached hydrogens (primary N) is 1. The van der Waals surface area contributed by atoms with Gasteiger partial charge >= 0.3 is 7.48 Å². The van der Waals surface area contributed by atoms with E-state index in [1.807, 2.05) is 26.0 Å². The summed E-state index contributed by atoms with van der Waals surface area (Å²) < 4.78 is 5.79. The van der Waals surface area contributed by atoms with Crippen LogP contribution < -0.4 is 11.2 Å². The van der Waals surface area contributed by atoms with Gasteiger partial charge in [0.25, 0.3) is 0 Å². The number of aliphatic hydroxyl groups is 1. The first-order valence-electron chi connectivity index (χ1n) is 6.35. The zero-order valence-electron chi connectivity index (χ0n) is 12.4. The van der Waals surface area contributed by atoms with E-state index in [9.17, 15) is 5.11 Å². The fourth-order valence-electron chi connectivity index (χ4n) is 1.46. The molecule has 0 aliphatic heterocycles. The van der Waals surface area contributed by atoms with E-state index in [0.717, 1.165) is 11.0 Å². The van der Waals surface area contributed by atoms with Crippen LogP contribution in [0.25, 0.3) is 0 Å². The number of nitrogens with one attached hydrogen (secondary N) is 1. The fourth-order valence-corrected chi connectivity index (χ4v) is 1.46. The zero-order valence-corrected chi connectivity index (χ0v) is 12.4. The minimum Gasteiger partial charge on any atom is -0.427 e. The molecule has 1 rings (SSSR count). The van der Waals surface area contributed by atoms with Crippen LogP contribution >= 0.6 is 0 Å². The molecule has 19 heavy (non-hydrogen) atoms. The smallest absolute Gasteiger partial charge is 0.309 e. The number of hydrogen-bond acceptors (Lipinski definition) is 4. The van der Waals surface area contributed by atoms with Crippen molar-refractivity contribution in [1.29, 1.82) is 5.41 Å². The van der Waals surface area contributed by atoms with Crippen LogP contribution in [0.3, 0.4) is 0 Å². The molecule has 5 heteroatoms. The van der Waals surface area contributed by atoms with Crippen LogP contribution in [0.15, 0.2) is 18.2 Å². The fraction of sp³-hybridized carbons (Fsp3) is 0.500. The SMILES string of the molecule is CC(=N)c1cc(BOC(C)(C)C(C)(C)O)ccc1N. The lowest BCUT2D eigenvalue weighted by atomic mass is 9.81. The lowest BCUT2D eigenvalue weighted by Crippen LogP contribution is -2.49. The van der Waals surface area contributed by atoms with E-state index in [0.29, 0.717) is 18.9 Å². The van der Waals surface area contributed by atoms with Gasteiger partial charge in [-0.05, 0) is 40.7 Å². The van der Waals surface area contributed by atoms with Crippen molar-refractivity contribution < 1.29 is 9.76 Å². The van der Waals surface area contributed by atoms with Gasteiger partial charge in [-0.3, -0.25) is 0 Å². The second kappa shape index (κ2) is 5.35. The molecule has 0 saturated carbocycles. The molecule has 0 spiro atoms. The second-order valence-corrected chi connectivity index (χ2v) is 5.90. The Balaban J connectivity index is 2.85. The molecular formula is C14H23BN2O2. The van der Waals surface area contributed by atoms with Gasteiger partial charge in [0.2, 0.25) is 0 Å². The summed E-state index contributed by atoms with van der Waals surface area (Å²) in [7, 11) is 0.373. The summed E-state index contributed by atoms with van der Waals surface area (Å²) in [5.74, 6) is 0. The molecule has 0 bridgehead atoms. The molecule has 4 nitrogen and oxygen atoms in total. The summed E-state index contributed by atoms with van der Waals surface area (Å²) in [5, 5.41) is 17.7. The highest BCUT2D eigenvalue weighted by Crippen LogP contribution is 2.24. The predicted molar refractivity (Wildman–Crippen MR) is 81.6 cm³/mol. The molecular weight excluding hydrogens is 239 g/mol. The van der Waals surface area contributed by atoms with Crippen molar-refractivity contribution in [2.45, 2.75) is 45.8 Å². The van der Waals surface area contributed by atoms with E-state index in [1.165, 1.54) is 0 Å². The molecule has 0 saturated heterocycles. The topological polar surface area (TPSA) is 79.3 Å². The Hall–Kier alpha value is -1.33. The van der Waals surface area contributed by atoms with Crippen LogP contribution in [0.5, 0.6) is 0 Å². The van der Waals surface area contributed by atoms with Gasteiger partial charge in [0.05, 0.1) is 11.2 Å². The number of hydrogen-bond donors (Lipinski definition) is 3. The quantitative estimate of drug-likeness (QED) is 0.424. The first-order chi connectivity index (χ1) is 8.54. The third-order valence-electron chi connectivity index (χ3n) is 3.59. The van der Waals surface area contributed by atoms with E-state index < -0.39 is 11.2 Å². The summed E-state index contributed by atoms with van der Waals surface area (Å²) in [5.41, 5.74) is 6.92. The van der Waals surface area contributed by atoms with Gasteiger partial charge in [0.15, 0.2) is 0 Å². The largest absolute Gasteiger partial charge is 0.427 e. The van der Waals surface area contributed by atoms with Crippen LogP contribution in [-0.2, 0) is 4.65 Å². The maximum absolute atomic E-state index is 10.0. The lowest BCUT2D eigenvalue weighted by Gasteiger charge is -2.37. The van der Waals surface area contributed by atoms with Crippen LogP contribution in [-0.4, -0.2) is 29.5 Å². The predicted octanol–water partition coefficient (Wildman–Crippen LogP) is 1.20. The maximum atomic E-state index is 10.0. The molecule has 0 unspecified atom stereocenters. The van der Waals surface area contributed by atoms with Crippen molar-refractivity contribution in [1.82, 2.24) is 0 Å². The highest BCUT2D eigenvalue weighted by molar-refractivity contribution is 6.47. The van der Waals surface area contributed by atoms with Crippen molar-refractivity contribution in [3.05, 3.63) is 23.8 Å². The number of nitrogen functional groups attached to an aromatic ring is 1. The molecule has 0 heterocycles. The summed E-state index contributed by atoms with van der Waals surface area (Å²) in [6.07, 6.45) is 0. The van der Waals surface area contributed by atoms with E-state index >= 15 is 0 Å². The Morgan fingerprint density at radius 2 is 1.89 bits per heavy atom. The molecule has 1 aromatic carbocycles. The number of rotatable bonds is 5. The highest BCUT2D eigenvalue weighted by Gasteiger charge is 2.35. The van der Waals surface area contributed by atoms with Crippen LogP contribution in [0, 0.1) is 5.41 Å². The average Bonchev–Trinajstić information content (AvgIpc) is 2.26.